The summed E-state index contributed by atoms with van der Waals surface area (Å²) in [6.45, 7) is 4.36. The zero-order chi connectivity index (χ0) is 12.3. The van der Waals surface area contributed by atoms with Crippen LogP contribution < -0.4 is 5.32 Å². The molecule has 1 atom stereocenters. The van der Waals surface area contributed by atoms with E-state index in [2.05, 4.69) is 10.3 Å². The molecule has 0 aliphatic carbocycles. The summed E-state index contributed by atoms with van der Waals surface area (Å²) in [6.07, 6.45) is 3.16. The molecule has 0 spiro atoms. The third-order valence-corrected chi connectivity index (χ3v) is 3.06. The number of nitrogens with one attached hydrogen (secondary N) is 1. The first-order valence-corrected chi connectivity index (χ1v) is 5.75. The van der Waals surface area contributed by atoms with E-state index in [-0.39, 0.29) is 5.91 Å². The van der Waals surface area contributed by atoms with E-state index in [4.69, 9.17) is 0 Å². The Morgan fingerprint density at radius 3 is 2.59 bits per heavy atom. The minimum absolute atomic E-state index is 0.245. The molecule has 2 N–H and O–H groups in total. The molecule has 1 aliphatic rings. The quantitative estimate of drug-likeness (QED) is 0.740. The molecule has 1 aliphatic heterocycles. The fourth-order valence-electron chi connectivity index (χ4n) is 1.98. The van der Waals surface area contributed by atoms with Crippen LogP contribution in [0, 0.1) is 0 Å². The standard InChI is InChI=1S/C12H17N3O2/c1-12(17,10-2-4-13-5-3-10)11(16)15-8-6-14-7-9-15/h2-5,14,17H,6-9H2,1H3. The van der Waals surface area contributed by atoms with Crippen molar-refractivity contribution in [2.75, 3.05) is 26.2 Å². The van der Waals surface area contributed by atoms with Crippen LogP contribution in [-0.2, 0) is 10.4 Å². The Hall–Kier alpha value is -1.46. The van der Waals surface area contributed by atoms with Crippen molar-refractivity contribution in [3.05, 3.63) is 30.1 Å². The molecule has 1 aromatic rings. The van der Waals surface area contributed by atoms with Crippen molar-refractivity contribution in [2.45, 2.75) is 12.5 Å². The van der Waals surface area contributed by atoms with E-state index in [0.29, 0.717) is 18.7 Å². The topological polar surface area (TPSA) is 65.5 Å². The van der Waals surface area contributed by atoms with E-state index in [9.17, 15) is 9.90 Å². The summed E-state index contributed by atoms with van der Waals surface area (Å²) in [5, 5.41) is 13.5. The van der Waals surface area contributed by atoms with Gasteiger partial charge < -0.3 is 15.3 Å². The minimum atomic E-state index is -1.47. The molecule has 1 amide bonds. The summed E-state index contributed by atoms with van der Waals surface area (Å²) < 4.78 is 0. The first-order valence-electron chi connectivity index (χ1n) is 5.75. The second kappa shape index (κ2) is 4.81. The number of aromatic nitrogens is 1. The van der Waals surface area contributed by atoms with Crippen LogP contribution in [-0.4, -0.2) is 47.1 Å². The number of amides is 1. The van der Waals surface area contributed by atoms with Crippen LogP contribution >= 0.6 is 0 Å². The summed E-state index contributed by atoms with van der Waals surface area (Å²) in [4.78, 5) is 17.8. The van der Waals surface area contributed by atoms with Crippen LogP contribution in [0.2, 0.25) is 0 Å². The van der Waals surface area contributed by atoms with Crippen LogP contribution in [0.25, 0.3) is 0 Å². The molecule has 0 aromatic carbocycles. The van der Waals surface area contributed by atoms with Crippen molar-refractivity contribution in [3.8, 4) is 0 Å². The molecule has 0 saturated carbocycles. The molecule has 17 heavy (non-hydrogen) atoms. The lowest BCUT2D eigenvalue weighted by Crippen LogP contribution is -2.52. The number of carbonyl (C=O) groups is 1. The molecule has 1 fully saturated rings. The average Bonchev–Trinajstić information content (AvgIpc) is 2.40. The first kappa shape index (κ1) is 12.0. The highest BCUT2D eigenvalue weighted by molar-refractivity contribution is 5.86. The van der Waals surface area contributed by atoms with Crippen LogP contribution in [0.3, 0.4) is 0 Å². The number of carbonyl (C=O) groups excluding carboxylic acids is 1. The highest BCUT2D eigenvalue weighted by atomic mass is 16.3. The summed E-state index contributed by atoms with van der Waals surface area (Å²) in [5.74, 6) is -0.245. The van der Waals surface area contributed by atoms with Gasteiger partial charge in [-0.1, -0.05) is 0 Å². The SMILES string of the molecule is CC(O)(C(=O)N1CCNCC1)c1ccncc1. The Balaban J connectivity index is 2.17. The predicted octanol–water partition coefficient (Wildman–Crippen LogP) is -0.279. The number of rotatable bonds is 2. The van der Waals surface area contributed by atoms with Gasteiger partial charge in [0.05, 0.1) is 0 Å². The fraction of sp³-hybridized carbons (Fsp3) is 0.500. The summed E-state index contributed by atoms with van der Waals surface area (Å²) in [5.41, 5.74) is -0.892. The normalized spacial score (nSPS) is 19.8. The maximum atomic E-state index is 12.2. The Kier molecular flexibility index (Phi) is 3.40. The third kappa shape index (κ3) is 2.45. The van der Waals surface area contributed by atoms with Gasteiger partial charge in [0.15, 0.2) is 5.60 Å². The van der Waals surface area contributed by atoms with Crippen molar-refractivity contribution in [2.24, 2.45) is 0 Å². The molecule has 2 heterocycles. The monoisotopic (exact) mass is 235 g/mol. The number of aliphatic hydroxyl groups is 1. The van der Waals surface area contributed by atoms with Gasteiger partial charge in [0, 0.05) is 38.6 Å². The smallest absolute Gasteiger partial charge is 0.258 e. The molecule has 92 valence electrons. The molecule has 1 unspecified atom stereocenters. The van der Waals surface area contributed by atoms with Crippen molar-refractivity contribution < 1.29 is 9.90 Å². The second-order valence-electron chi connectivity index (χ2n) is 4.35. The van der Waals surface area contributed by atoms with Gasteiger partial charge >= 0.3 is 0 Å². The van der Waals surface area contributed by atoms with Gasteiger partial charge in [0.2, 0.25) is 0 Å². The zero-order valence-electron chi connectivity index (χ0n) is 9.89. The van der Waals surface area contributed by atoms with Crippen LogP contribution in [0.5, 0.6) is 0 Å². The van der Waals surface area contributed by atoms with Gasteiger partial charge in [-0.25, -0.2) is 0 Å². The van der Waals surface area contributed by atoms with Crippen molar-refractivity contribution in [1.82, 2.24) is 15.2 Å². The van der Waals surface area contributed by atoms with Crippen LogP contribution in [0.1, 0.15) is 12.5 Å². The molecular formula is C12H17N3O2. The van der Waals surface area contributed by atoms with Crippen molar-refractivity contribution in [3.63, 3.8) is 0 Å². The Morgan fingerprint density at radius 2 is 2.00 bits per heavy atom. The highest BCUT2D eigenvalue weighted by Gasteiger charge is 2.36. The lowest BCUT2D eigenvalue weighted by atomic mass is 9.95. The number of hydrogen-bond acceptors (Lipinski definition) is 4. The second-order valence-corrected chi connectivity index (χ2v) is 4.35. The van der Waals surface area contributed by atoms with E-state index in [1.54, 1.807) is 29.4 Å². The maximum absolute atomic E-state index is 12.2. The number of nitrogens with zero attached hydrogens (tertiary/aromatic N) is 2. The van der Waals surface area contributed by atoms with Gasteiger partial charge in [-0.3, -0.25) is 9.78 Å². The van der Waals surface area contributed by atoms with Gasteiger partial charge in [0.25, 0.3) is 5.91 Å². The van der Waals surface area contributed by atoms with E-state index in [0.717, 1.165) is 13.1 Å². The van der Waals surface area contributed by atoms with E-state index in [1.165, 1.54) is 6.92 Å². The highest BCUT2D eigenvalue weighted by Crippen LogP contribution is 2.22. The number of piperazine rings is 1. The first-order chi connectivity index (χ1) is 8.12. The van der Waals surface area contributed by atoms with Crippen molar-refractivity contribution >= 4 is 5.91 Å². The van der Waals surface area contributed by atoms with E-state index < -0.39 is 5.60 Å². The van der Waals surface area contributed by atoms with Crippen molar-refractivity contribution in [1.29, 1.82) is 0 Å². The fourth-order valence-corrected chi connectivity index (χ4v) is 1.98. The molecule has 5 nitrogen and oxygen atoms in total. The summed E-state index contributed by atoms with van der Waals surface area (Å²) in [6, 6.07) is 3.33. The third-order valence-electron chi connectivity index (χ3n) is 3.06. The molecule has 0 radical (unpaired) electrons. The maximum Gasteiger partial charge on any atom is 0.258 e. The Labute approximate surface area is 100 Å². The molecule has 1 saturated heterocycles. The largest absolute Gasteiger partial charge is 0.376 e. The lowest BCUT2D eigenvalue weighted by Gasteiger charge is -2.33. The molecule has 1 aromatic heterocycles. The molecule has 2 rings (SSSR count). The molecular weight excluding hydrogens is 218 g/mol. The number of hydrogen-bond donors (Lipinski definition) is 2. The summed E-state index contributed by atoms with van der Waals surface area (Å²) in [7, 11) is 0. The Morgan fingerprint density at radius 1 is 1.41 bits per heavy atom. The van der Waals surface area contributed by atoms with Crippen LogP contribution in [0.4, 0.5) is 0 Å². The van der Waals surface area contributed by atoms with Gasteiger partial charge in [-0.05, 0) is 24.6 Å². The van der Waals surface area contributed by atoms with Crippen LogP contribution in [0.15, 0.2) is 24.5 Å². The van der Waals surface area contributed by atoms with Gasteiger partial charge in [-0.2, -0.15) is 0 Å². The lowest BCUT2D eigenvalue weighted by molar-refractivity contribution is -0.151. The average molecular weight is 235 g/mol. The van der Waals surface area contributed by atoms with E-state index in [1.807, 2.05) is 0 Å². The van der Waals surface area contributed by atoms with E-state index >= 15 is 0 Å². The van der Waals surface area contributed by atoms with Gasteiger partial charge in [0.1, 0.15) is 0 Å². The molecule has 5 heteroatoms. The minimum Gasteiger partial charge on any atom is -0.376 e. The number of pyridine rings is 1. The summed E-state index contributed by atoms with van der Waals surface area (Å²) >= 11 is 0. The Bertz CT molecular complexity index is 386. The van der Waals surface area contributed by atoms with Gasteiger partial charge in [-0.15, -0.1) is 0 Å². The predicted molar refractivity (Wildman–Crippen MR) is 63.3 cm³/mol. The zero-order valence-corrected chi connectivity index (χ0v) is 9.89. The molecule has 0 bridgehead atoms.